The van der Waals surface area contributed by atoms with E-state index in [1.807, 2.05) is 6.92 Å². The fourth-order valence-corrected chi connectivity index (χ4v) is 3.91. The Kier molecular flexibility index (Phi) is 4.39. The maximum absolute atomic E-state index is 5.42. The lowest BCUT2D eigenvalue weighted by molar-refractivity contribution is 0.0983. The fraction of sp³-hybridized carbons (Fsp3) is 0.750. The Bertz CT molecular complexity index is 268. The molecule has 0 bridgehead atoms. The third-order valence-corrected chi connectivity index (χ3v) is 5.60. The van der Waals surface area contributed by atoms with Gasteiger partial charge in [0.2, 0.25) is 0 Å². The van der Waals surface area contributed by atoms with E-state index in [9.17, 15) is 0 Å². The van der Waals surface area contributed by atoms with Crippen LogP contribution in [0.3, 0.4) is 0 Å². The molecule has 0 fully saturated rings. The molecule has 0 aliphatic carbocycles. The van der Waals surface area contributed by atoms with Crippen molar-refractivity contribution in [3.8, 4) is 0 Å². The number of rotatable bonds is 6. The average molecular weight is 231 g/mol. The third-order valence-electron chi connectivity index (χ3n) is 2.40. The van der Waals surface area contributed by atoms with E-state index in [4.69, 9.17) is 13.3 Å². The molecule has 15 heavy (non-hydrogen) atoms. The summed E-state index contributed by atoms with van der Waals surface area (Å²) in [6.45, 7) is 2.03. The molecule has 0 spiro atoms. The number of hydrogen-bond donors (Lipinski definition) is 0. The molecule has 7 heteroatoms. The highest BCUT2D eigenvalue weighted by Gasteiger charge is 2.48. The van der Waals surface area contributed by atoms with Crippen LogP contribution in [-0.2, 0) is 13.3 Å². The van der Waals surface area contributed by atoms with Crippen LogP contribution < -0.4 is 0 Å². The van der Waals surface area contributed by atoms with Gasteiger partial charge in [-0.05, 0) is 6.42 Å². The lowest BCUT2D eigenvalue weighted by atomic mass is 10.5. The van der Waals surface area contributed by atoms with Crippen LogP contribution in [0.15, 0.2) is 12.7 Å². The van der Waals surface area contributed by atoms with Gasteiger partial charge in [0.15, 0.2) is 0 Å². The molecule has 0 amide bonds. The third kappa shape index (κ3) is 2.25. The van der Waals surface area contributed by atoms with Gasteiger partial charge in [0, 0.05) is 21.3 Å². The van der Waals surface area contributed by atoms with E-state index in [2.05, 4.69) is 10.1 Å². The monoisotopic (exact) mass is 231 g/mol. The smallest absolute Gasteiger partial charge is 0.376 e. The Hall–Kier alpha value is -0.763. The van der Waals surface area contributed by atoms with Gasteiger partial charge in [-0.3, -0.25) is 0 Å². The summed E-state index contributed by atoms with van der Waals surface area (Å²) in [5.74, 6) is 0. The summed E-state index contributed by atoms with van der Waals surface area (Å²) >= 11 is 0. The Labute approximate surface area is 90.5 Å². The lowest BCUT2D eigenvalue weighted by Gasteiger charge is -2.31. The predicted octanol–water partition coefficient (Wildman–Crippen LogP) is 0.646. The van der Waals surface area contributed by atoms with Gasteiger partial charge in [0.1, 0.15) is 18.3 Å². The van der Waals surface area contributed by atoms with Crippen LogP contribution in [-0.4, -0.2) is 44.9 Å². The molecule has 0 N–H and O–H groups in total. The Morgan fingerprint density at radius 3 is 2.20 bits per heavy atom. The normalized spacial score (nSPS) is 14.1. The van der Waals surface area contributed by atoms with Gasteiger partial charge < -0.3 is 13.3 Å². The summed E-state index contributed by atoms with van der Waals surface area (Å²) in [6, 6.07) is 0. The highest BCUT2D eigenvalue weighted by molar-refractivity contribution is 6.61. The summed E-state index contributed by atoms with van der Waals surface area (Å²) in [5.41, 5.74) is -0.0417. The summed E-state index contributed by atoms with van der Waals surface area (Å²) < 4.78 is 18.0. The van der Waals surface area contributed by atoms with Crippen LogP contribution in [0.5, 0.6) is 0 Å². The van der Waals surface area contributed by atoms with Gasteiger partial charge in [-0.25, -0.2) is 9.67 Å². The molecule has 0 aliphatic heterocycles. The van der Waals surface area contributed by atoms with Gasteiger partial charge in [-0.2, -0.15) is 5.10 Å². The maximum atomic E-state index is 5.42. The molecule has 1 rings (SSSR count). The topological polar surface area (TPSA) is 58.4 Å². The van der Waals surface area contributed by atoms with Crippen molar-refractivity contribution in [2.45, 2.75) is 19.0 Å². The van der Waals surface area contributed by atoms with Crippen molar-refractivity contribution in [1.29, 1.82) is 0 Å². The SMILES string of the molecule is CCC(n1cncn1)[Si](OC)(OC)OC. The molecular weight excluding hydrogens is 214 g/mol. The van der Waals surface area contributed by atoms with E-state index in [1.165, 1.54) is 6.33 Å². The Morgan fingerprint density at radius 1 is 1.27 bits per heavy atom. The zero-order valence-corrected chi connectivity index (χ0v) is 10.5. The van der Waals surface area contributed by atoms with Crippen LogP contribution in [0.1, 0.15) is 19.0 Å². The molecule has 0 saturated carbocycles. The molecule has 6 nitrogen and oxygen atoms in total. The first kappa shape index (κ1) is 12.3. The summed E-state index contributed by atoms with van der Waals surface area (Å²) in [4.78, 5) is 3.91. The molecule has 1 unspecified atom stereocenters. The van der Waals surface area contributed by atoms with Crippen molar-refractivity contribution in [3.05, 3.63) is 12.7 Å². The van der Waals surface area contributed by atoms with E-state index >= 15 is 0 Å². The predicted molar refractivity (Wildman–Crippen MR) is 56.1 cm³/mol. The van der Waals surface area contributed by atoms with Gasteiger partial charge in [0.05, 0.1) is 0 Å². The lowest BCUT2D eigenvalue weighted by Crippen LogP contribution is -2.51. The molecule has 1 aromatic rings. The molecule has 0 aromatic carbocycles. The van der Waals surface area contributed by atoms with E-state index in [-0.39, 0.29) is 5.67 Å². The molecule has 1 heterocycles. The molecule has 86 valence electrons. The van der Waals surface area contributed by atoms with Crippen molar-refractivity contribution >= 4 is 8.80 Å². The van der Waals surface area contributed by atoms with Crippen LogP contribution in [0.2, 0.25) is 0 Å². The first-order valence-electron chi connectivity index (χ1n) is 4.73. The molecule has 0 saturated heterocycles. The Balaban J connectivity index is 2.98. The summed E-state index contributed by atoms with van der Waals surface area (Å²) in [7, 11) is 2.10. The van der Waals surface area contributed by atoms with Crippen LogP contribution in [0, 0.1) is 0 Å². The quantitative estimate of drug-likeness (QED) is 0.673. The van der Waals surface area contributed by atoms with Crippen molar-refractivity contribution in [2.24, 2.45) is 0 Å². The first-order chi connectivity index (χ1) is 7.24. The van der Waals surface area contributed by atoms with Gasteiger partial charge in [-0.1, -0.05) is 6.92 Å². The van der Waals surface area contributed by atoms with Crippen molar-refractivity contribution in [2.75, 3.05) is 21.3 Å². The van der Waals surface area contributed by atoms with Crippen LogP contribution in [0.4, 0.5) is 0 Å². The van der Waals surface area contributed by atoms with E-state index in [0.717, 1.165) is 6.42 Å². The second kappa shape index (κ2) is 5.36. The number of aromatic nitrogens is 3. The minimum absolute atomic E-state index is 0.0417. The highest BCUT2D eigenvalue weighted by Crippen LogP contribution is 2.25. The zero-order chi connectivity index (χ0) is 11.3. The van der Waals surface area contributed by atoms with Gasteiger partial charge in [0.25, 0.3) is 0 Å². The molecule has 0 aliphatic rings. The summed E-state index contributed by atoms with van der Waals surface area (Å²) in [6.07, 6.45) is 3.95. The van der Waals surface area contributed by atoms with Crippen LogP contribution >= 0.6 is 0 Å². The minimum Gasteiger partial charge on any atom is -0.376 e. The van der Waals surface area contributed by atoms with Gasteiger partial charge in [-0.15, -0.1) is 0 Å². The second-order valence-electron chi connectivity index (χ2n) is 3.02. The van der Waals surface area contributed by atoms with Crippen LogP contribution in [0.25, 0.3) is 0 Å². The maximum Gasteiger partial charge on any atom is 0.526 e. The summed E-state index contributed by atoms with van der Waals surface area (Å²) in [5, 5.41) is 4.10. The first-order valence-corrected chi connectivity index (χ1v) is 6.53. The Morgan fingerprint density at radius 2 is 1.87 bits per heavy atom. The van der Waals surface area contributed by atoms with E-state index < -0.39 is 8.80 Å². The molecule has 1 aromatic heterocycles. The minimum atomic E-state index is -2.69. The van der Waals surface area contributed by atoms with Crippen molar-refractivity contribution in [3.63, 3.8) is 0 Å². The van der Waals surface area contributed by atoms with Gasteiger partial charge >= 0.3 is 8.80 Å². The van der Waals surface area contributed by atoms with E-state index in [1.54, 1.807) is 32.3 Å². The largest absolute Gasteiger partial charge is 0.526 e. The standard InChI is InChI=1S/C8H17N3O3Si/c1-5-8(11-7-9-6-10-11)15(12-2,13-3)14-4/h6-8H,5H2,1-4H3. The fourth-order valence-electron chi connectivity index (χ4n) is 1.64. The number of nitrogens with zero attached hydrogens (tertiary/aromatic N) is 3. The van der Waals surface area contributed by atoms with Crippen molar-refractivity contribution < 1.29 is 13.3 Å². The average Bonchev–Trinajstić information content (AvgIpc) is 2.79. The second-order valence-corrected chi connectivity index (χ2v) is 6.11. The molecule has 1 atom stereocenters. The molecule has 0 radical (unpaired) electrons. The van der Waals surface area contributed by atoms with E-state index in [0.29, 0.717) is 0 Å². The van der Waals surface area contributed by atoms with Crippen molar-refractivity contribution in [1.82, 2.24) is 14.8 Å². The number of hydrogen-bond acceptors (Lipinski definition) is 5. The molecular formula is C8H17N3O3Si. The zero-order valence-electron chi connectivity index (χ0n) is 9.51. The highest BCUT2D eigenvalue weighted by atomic mass is 28.4.